The molecule has 6 nitrogen and oxygen atoms in total. The fourth-order valence-corrected chi connectivity index (χ4v) is 1.97. The van der Waals surface area contributed by atoms with Crippen LogP contribution in [-0.2, 0) is 4.79 Å². The van der Waals surface area contributed by atoms with Gasteiger partial charge in [0.25, 0.3) is 0 Å². The Kier molecular flexibility index (Phi) is 6.02. The van der Waals surface area contributed by atoms with Crippen molar-refractivity contribution in [3.8, 4) is 0 Å². The lowest BCUT2D eigenvalue weighted by atomic mass is 10.1. The summed E-state index contributed by atoms with van der Waals surface area (Å²) in [6.07, 6.45) is 0.441. The fourth-order valence-electron chi connectivity index (χ4n) is 1.97. The molecule has 116 valence electrons. The van der Waals surface area contributed by atoms with Crippen molar-refractivity contribution in [2.45, 2.75) is 32.7 Å². The van der Waals surface area contributed by atoms with Gasteiger partial charge in [-0.3, -0.25) is 4.79 Å². The largest absolute Gasteiger partial charge is 0.481 e. The molecule has 0 fully saturated rings. The lowest BCUT2D eigenvalue weighted by Gasteiger charge is -2.18. The van der Waals surface area contributed by atoms with Gasteiger partial charge in [0.2, 0.25) is 0 Å². The fraction of sp³-hybridized carbons (Fsp3) is 0.467. The molecular formula is C15H23N3O3. The van der Waals surface area contributed by atoms with Crippen LogP contribution < -0.4 is 15.5 Å². The number of rotatable bonds is 6. The normalized spacial score (nSPS) is 11.6. The van der Waals surface area contributed by atoms with Crippen LogP contribution in [-0.4, -0.2) is 37.2 Å². The van der Waals surface area contributed by atoms with Crippen LogP contribution in [0.2, 0.25) is 0 Å². The van der Waals surface area contributed by atoms with Crippen LogP contribution in [0, 0.1) is 6.92 Å². The number of benzene rings is 1. The van der Waals surface area contributed by atoms with Crippen LogP contribution in [0.3, 0.4) is 0 Å². The van der Waals surface area contributed by atoms with Crippen molar-refractivity contribution < 1.29 is 14.7 Å². The van der Waals surface area contributed by atoms with Gasteiger partial charge < -0.3 is 20.6 Å². The quantitative estimate of drug-likeness (QED) is 0.752. The second-order valence-electron chi connectivity index (χ2n) is 5.33. The number of carboxylic acids is 1. The molecule has 3 N–H and O–H groups in total. The third kappa shape index (κ3) is 5.72. The van der Waals surface area contributed by atoms with Crippen molar-refractivity contribution in [2.24, 2.45) is 0 Å². The van der Waals surface area contributed by atoms with Crippen molar-refractivity contribution in [1.82, 2.24) is 5.32 Å². The summed E-state index contributed by atoms with van der Waals surface area (Å²) in [5, 5.41) is 14.1. The van der Waals surface area contributed by atoms with Crippen molar-refractivity contribution >= 4 is 23.4 Å². The minimum Gasteiger partial charge on any atom is -0.481 e. The van der Waals surface area contributed by atoms with E-state index in [0.717, 1.165) is 11.3 Å². The number of hydrogen-bond donors (Lipinski definition) is 3. The molecule has 0 aliphatic rings. The minimum atomic E-state index is -0.863. The summed E-state index contributed by atoms with van der Waals surface area (Å²) in [6.45, 7) is 3.79. The van der Waals surface area contributed by atoms with E-state index in [9.17, 15) is 9.59 Å². The molecule has 0 spiro atoms. The number of carbonyl (C=O) groups excluding carboxylic acids is 1. The molecule has 0 heterocycles. The van der Waals surface area contributed by atoms with E-state index in [1.807, 2.05) is 44.1 Å². The monoisotopic (exact) mass is 293 g/mol. The number of hydrogen-bond acceptors (Lipinski definition) is 3. The molecule has 1 atom stereocenters. The molecule has 1 rings (SSSR count). The first-order valence-electron chi connectivity index (χ1n) is 6.87. The van der Waals surface area contributed by atoms with E-state index in [-0.39, 0.29) is 18.5 Å². The van der Waals surface area contributed by atoms with Crippen LogP contribution in [0.15, 0.2) is 18.2 Å². The molecule has 2 amide bonds. The second-order valence-corrected chi connectivity index (χ2v) is 5.33. The van der Waals surface area contributed by atoms with E-state index in [4.69, 9.17) is 5.11 Å². The van der Waals surface area contributed by atoms with Crippen molar-refractivity contribution in [1.29, 1.82) is 0 Å². The van der Waals surface area contributed by atoms with Gasteiger partial charge in [-0.05, 0) is 38.0 Å². The highest BCUT2D eigenvalue weighted by molar-refractivity contribution is 5.90. The van der Waals surface area contributed by atoms with Crippen LogP contribution in [0.25, 0.3) is 0 Å². The number of anilines is 2. The summed E-state index contributed by atoms with van der Waals surface area (Å²) >= 11 is 0. The molecule has 21 heavy (non-hydrogen) atoms. The Labute approximate surface area is 125 Å². The number of amides is 2. The van der Waals surface area contributed by atoms with Gasteiger partial charge in [0, 0.05) is 37.9 Å². The highest BCUT2D eigenvalue weighted by Crippen LogP contribution is 2.22. The van der Waals surface area contributed by atoms with E-state index >= 15 is 0 Å². The molecule has 1 aromatic rings. The highest BCUT2D eigenvalue weighted by atomic mass is 16.4. The summed E-state index contributed by atoms with van der Waals surface area (Å²) < 4.78 is 0. The Morgan fingerprint density at radius 3 is 2.57 bits per heavy atom. The SMILES string of the molecule is Cc1ccc(NC(=O)NC(C)CCC(=O)O)cc1N(C)C. The summed E-state index contributed by atoms with van der Waals surface area (Å²) in [5.74, 6) is -0.863. The maximum absolute atomic E-state index is 11.9. The zero-order valence-corrected chi connectivity index (χ0v) is 12.9. The standard InChI is InChI=1S/C15H23N3O3/c1-10-5-7-12(9-13(10)18(3)4)17-15(21)16-11(2)6-8-14(19)20/h5,7,9,11H,6,8H2,1-4H3,(H,19,20)(H2,16,17,21). The molecule has 0 aliphatic carbocycles. The Balaban J connectivity index is 2.58. The highest BCUT2D eigenvalue weighted by Gasteiger charge is 2.10. The average molecular weight is 293 g/mol. The maximum atomic E-state index is 11.9. The Morgan fingerprint density at radius 2 is 2.00 bits per heavy atom. The first-order chi connectivity index (χ1) is 9.79. The molecule has 6 heteroatoms. The van der Waals surface area contributed by atoms with Gasteiger partial charge in [0.05, 0.1) is 0 Å². The zero-order valence-electron chi connectivity index (χ0n) is 12.9. The molecule has 0 aromatic heterocycles. The third-order valence-electron chi connectivity index (χ3n) is 3.12. The lowest BCUT2D eigenvalue weighted by molar-refractivity contribution is -0.137. The zero-order chi connectivity index (χ0) is 16.0. The van der Waals surface area contributed by atoms with Crippen LogP contribution in [0.5, 0.6) is 0 Å². The number of urea groups is 1. The molecule has 0 saturated heterocycles. The number of carbonyl (C=O) groups is 2. The summed E-state index contributed by atoms with van der Waals surface area (Å²) in [6, 6.07) is 5.15. The third-order valence-corrected chi connectivity index (χ3v) is 3.12. The summed E-state index contributed by atoms with van der Waals surface area (Å²) in [5.41, 5.74) is 2.86. The van der Waals surface area contributed by atoms with Gasteiger partial charge in [-0.2, -0.15) is 0 Å². The van der Waals surface area contributed by atoms with Crippen LogP contribution in [0.1, 0.15) is 25.3 Å². The lowest BCUT2D eigenvalue weighted by Crippen LogP contribution is -2.36. The van der Waals surface area contributed by atoms with Crippen LogP contribution in [0.4, 0.5) is 16.2 Å². The van der Waals surface area contributed by atoms with Gasteiger partial charge in [0.1, 0.15) is 0 Å². The Morgan fingerprint density at radius 1 is 1.33 bits per heavy atom. The topological polar surface area (TPSA) is 81.7 Å². The molecule has 0 saturated carbocycles. The number of carboxylic acid groups (broad SMARTS) is 1. The molecule has 1 unspecified atom stereocenters. The predicted octanol–water partition coefficient (Wildman–Crippen LogP) is 2.44. The Bertz CT molecular complexity index is 515. The minimum absolute atomic E-state index is 0.0384. The number of aliphatic carboxylic acids is 1. The van der Waals surface area contributed by atoms with E-state index < -0.39 is 5.97 Å². The van der Waals surface area contributed by atoms with Crippen molar-refractivity contribution in [3.63, 3.8) is 0 Å². The summed E-state index contributed by atoms with van der Waals surface area (Å²) in [7, 11) is 3.89. The number of aryl methyl sites for hydroxylation is 1. The van der Waals surface area contributed by atoms with Gasteiger partial charge in [-0.1, -0.05) is 6.07 Å². The van der Waals surface area contributed by atoms with E-state index in [1.54, 1.807) is 6.92 Å². The number of nitrogens with one attached hydrogen (secondary N) is 2. The first-order valence-corrected chi connectivity index (χ1v) is 6.87. The molecule has 0 radical (unpaired) electrons. The molecule has 1 aromatic carbocycles. The molecule has 0 aliphatic heterocycles. The van der Waals surface area contributed by atoms with E-state index in [2.05, 4.69) is 10.6 Å². The van der Waals surface area contributed by atoms with Crippen molar-refractivity contribution in [3.05, 3.63) is 23.8 Å². The van der Waals surface area contributed by atoms with Gasteiger partial charge in [-0.25, -0.2) is 4.79 Å². The second kappa shape index (κ2) is 7.52. The molecule has 0 bridgehead atoms. The van der Waals surface area contributed by atoms with E-state index in [0.29, 0.717) is 12.1 Å². The van der Waals surface area contributed by atoms with Crippen molar-refractivity contribution in [2.75, 3.05) is 24.3 Å². The first kappa shape index (κ1) is 16.8. The summed E-state index contributed by atoms with van der Waals surface area (Å²) in [4.78, 5) is 24.3. The van der Waals surface area contributed by atoms with Gasteiger partial charge in [-0.15, -0.1) is 0 Å². The Hall–Kier alpha value is -2.24. The smallest absolute Gasteiger partial charge is 0.319 e. The predicted molar refractivity (Wildman–Crippen MR) is 84.0 cm³/mol. The maximum Gasteiger partial charge on any atom is 0.319 e. The van der Waals surface area contributed by atoms with Crippen LogP contribution >= 0.6 is 0 Å². The van der Waals surface area contributed by atoms with Gasteiger partial charge in [0.15, 0.2) is 0 Å². The number of nitrogens with zero attached hydrogens (tertiary/aromatic N) is 1. The van der Waals surface area contributed by atoms with E-state index in [1.165, 1.54) is 0 Å². The molecular weight excluding hydrogens is 270 g/mol. The van der Waals surface area contributed by atoms with Gasteiger partial charge >= 0.3 is 12.0 Å². The average Bonchev–Trinajstić information content (AvgIpc) is 2.38.